The number of rotatable bonds is 6. The second-order valence-corrected chi connectivity index (χ2v) is 6.99. The number of halogens is 3. The number of aromatic nitrogens is 3. The molecule has 1 aliphatic heterocycles. The first-order chi connectivity index (χ1) is 13.5. The van der Waals surface area contributed by atoms with Crippen LogP contribution in [0.2, 0.25) is 0 Å². The molecule has 3 N–H and O–H groups in total. The van der Waals surface area contributed by atoms with Crippen LogP contribution in [0.25, 0.3) is 0 Å². The van der Waals surface area contributed by atoms with Crippen molar-refractivity contribution in [3.63, 3.8) is 0 Å². The average molecular weight is 392 g/mol. The summed E-state index contributed by atoms with van der Waals surface area (Å²) in [5.41, 5.74) is -0.273. The molecule has 7 nitrogen and oxygen atoms in total. The molecule has 1 aliphatic carbocycles. The molecular formula is C18H19F3N6O. The summed E-state index contributed by atoms with van der Waals surface area (Å²) in [7, 11) is 0. The minimum atomic E-state index is -2.60. The van der Waals surface area contributed by atoms with Crippen LogP contribution in [0.5, 0.6) is 0 Å². The van der Waals surface area contributed by atoms with E-state index in [9.17, 15) is 18.0 Å². The van der Waals surface area contributed by atoms with Crippen LogP contribution in [0.1, 0.15) is 36.6 Å². The van der Waals surface area contributed by atoms with E-state index in [1.807, 2.05) is 0 Å². The van der Waals surface area contributed by atoms with E-state index in [0.717, 1.165) is 12.6 Å². The fourth-order valence-corrected chi connectivity index (χ4v) is 3.54. The third-order valence-electron chi connectivity index (χ3n) is 5.14. The Kier molecular flexibility index (Phi) is 4.78. The van der Waals surface area contributed by atoms with Crippen molar-refractivity contribution >= 4 is 17.5 Å². The van der Waals surface area contributed by atoms with Crippen LogP contribution in [-0.2, 0) is 4.79 Å². The second kappa shape index (κ2) is 7.25. The molecule has 28 heavy (non-hydrogen) atoms. The third kappa shape index (κ3) is 3.46. The molecule has 0 aromatic carbocycles. The summed E-state index contributed by atoms with van der Waals surface area (Å²) >= 11 is 0. The van der Waals surface area contributed by atoms with Gasteiger partial charge in [-0.25, -0.2) is 28.1 Å². The van der Waals surface area contributed by atoms with Gasteiger partial charge in [-0.2, -0.15) is 0 Å². The van der Waals surface area contributed by atoms with Crippen LogP contribution in [0.4, 0.5) is 24.8 Å². The maximum atomic E-state index is 13.6. The lowest BCUT2D eigenvalue weighted by Gasteiger charge is -2.41. The number of nitrogens with one attached hydrogen (secondary N) is 3. The molecule has 2 aromatic heterocycles. The van der Waals surface area contributed by atoms with E-state index >= 15 is 0 Å². The van der Waals surface area contributed by atoms with Gasteiger partial charge in [-0.15, -0.1) is 0 Å². The van der Waals surface area contributed by atoms with Gasteiger partial charge >= 0.3 is 0 Å². The van der Waals surface area contributed by atoms with E-state index in [-0.39, 0.29) is 5.92 Å². The zero-order valence-corrected chi connectivity index (χ0v) is 14.9. The van der Waals surface area contributed by atoms with Crippen LogP contribution in [0, 0.1) is 5.82 Å². The SMILES string of the molecule is O=C(NCC(F)F)C1(Nc2ccnc(C3CNc4ncc(F)cc43)n2)CCC1. The number of hydrogen-bond acceptors (Lipinski definition) is 6. The molecule has 1 atom stereocenters. The first kappa shape index (κ1) is 18.5. The van der Waals surface area contributed by atoms with Crippen molar-refractivity contribution in [2.75, 3.05) is 23.7 Å². The van der Waals surface area contributed by atoms with E-state index < -0.39 is 30.2 Å². The normalized spacial score (nSPS) is 19.5. The summed E-state index contributed by atoms with van der Waals surface area (Å²) < 4.78 is 38.4. The number of hydrogen-bond donors (Lipinski definition) is 3. The lowest BCUT2D eigenvalue weighted by atomic mass is 9.76. The summed E-state index contributed by atoms with van der Waals surface area (Å²) in [6.45, 7) is -0.199. The Labute approximate surface area is 159 Å². The molecular weight excluding hydrogens is 373 g/mol. The quantitative estimate of drug-likeness (QED) is 0.699. The Bertz CT molecular complexity index is 889. The minimum absolute atomic E-state index is 0.273. The van der Waals surface area contributed by atoms with Crippen molar-refractivity contribution in [3.05, 3.63) is 41.7 Å². The fraction of sp³-hybridized carbons (Fsp3) is 0.444. The van der Waals surface area contributed by atoms with Gasteiger partial charge in [0.15, 0.2) is 0 Å². The number of alkyl halides is 2. The van der Waals surface area contributed by atoms with Gasteiger partial charge in [-0.3, -0.25) is 4.79 Å². The van der Waals surface area contributed by atoms with Gasteiger partial charge in [0.25, 0.3) is 6.43 Å². The van der Waals surface area contributed by atoms with Crippen LogP contribution in [0.3, 0.4) is 0 Å². The monoisotopic (exact) mass is 392 g/mol. The highest BCUT2D eigenvalue weighted by Gasteiger charge is 2.44. The highest BCUT2D eigenvalue weighted by molar-refractivity contribution is 5.90. The van der Waals surface area contributed by atoms with Gasteiger partial charge in [0, 0.05) is 18.3 Å². The minimum Gasteiger partial charge on any atom is -0.369 e. The van der Waals surface area contributed by atoms with Gasteiger partial charge < -0.3 is 16.0 Å². The molecule has 2 aliphatic rings. The summed E-state index contributed by atoms with van der Waals surface area (Å²) in [6, 6.07) is 3.03. The highest BCUT2D eigenvalue weighted by Crippen LogP contribution is 2.37. The number of carbonyl (C=O) groups is 1. The largest absolute Gasteiger partial charge is 0.369 e. The number of pyridine rings is 1. The topological polar surface area (TPSA) is 91.8 Å². The lowest BCUT2D eigenvalue weighted by molar-refractivity contribution is -0.128. The summed E-state index contributed by atoms with van der Waals surface area (Å²) in [6.07, 6.45) is 1.98. The molecule has 0 bridgehead atoms. The van der Waals surface area contributed by atoms with Crippen LogP contribution in [-0.4, -0.2) is 45.9 Å². The summed E-state index contributed by atoms with van der Waals surface area (Å²) in [4.78, 5) is 25.2. The van der Waals surface area contributed by atoms with Gasteiger partial charge in [-0.05, 0) is 31.4 Å². The van der Waals surface area contributed by atoms with Crippen molar-refractivity contribution in [1.29, 1.82) is 0 Å². The predicted molar refractivity (Wildman–Crippen MR) is 95.8 cm³/mol. The molecule has 1 unspecified atom stereocenters. The Morgan fingerprint density at radius 2 is 2.18 bits per heavy atom. The molecule has 10 heteroatoms. The Morgan fingerprint density at radius 1 is 1.36 bits per heavy atom. The molecule has 148 valence electrons. The molecule has 4 rings (SSSR count). The van der Waals surface area contributed by atoms with Crippen molar-refractivity contribution in [1.82, 2.24) is 20.3 Å². The number of nitrogens with zero attached hydrogens (tertiary/aromatic N) is 3. The first-order valence-electron chi connectivity index (χ1n) is 9.04. The average Bonchev–Trinajstić information content (AvgIpc) is 3.06. The van der Waals surface area contributed by atoms with Crippen LogP contribution < -0.4 is 16.0 Å². The van der Waals surface area contributed by atoms with Gasteiger partial charge in [0.1, 0.15) is 28.8 Å². The Morgan fingerprint density at radius 3 is 2.89 bits per heavy atom. The van der Waals surface area contributed by atoms with E-state index in [4.69, 9.17) is 0 Å². The fourth-order valence-electron chi connectivity index (χ4n) is 3.54. The zero-order chi connectivity index (χ0) is 19.7. The predicted octanol–water partition coefficient (Wildman–Crippen LogP) is 2.28. The Balaban J connectivity index is 1.53. The summed E-state index contributed by atoms with van der Waals surface area (Å²) in [5.74, 6) is 0.310. The molecule has 0 radical (unpaired) electrons. The molecule has 0 saturated heterocycles. The maximum Gasteiger partial charge on any atom is 0.255 e. The van der Waals surface area contributed by atoms with Crippen molar-refractivity contribution in [2.24, 2.45) is 0 Å². The van der Waals surface area contributed by atoms with Gasteiger partial charge in [0.05, 0.1) is 18.7 Å². The van der Waals surface area contributed by atoms with E-state index in [1.165, 1.54) is 6.07 Å². The summed E-state index contributed by atoms with van der Waals surface area (Å²) in [5, 5.41) is 8.47. The molecule has 3 heterocycles. The van der Waals surface area contributed by atoms with Gasteiger partial charge in [-0.1, -0.05) is 0 Å². The first-order valence-corrected chi connectivity index (χ1v) is 9.04. The lowest BCUT2D eigenvalue weighted by Crippen LogP contribution is -2.57. The molecule has 2 aromatic rings. The smallest absolute Gasteiger partial charge is 0.255 e. The van der Waals surface area contributed by atoms with E-state index in [0.29, 0.717) is 42.4 Å². The number of amides is 1. The standard InChI is InChI=1S/C18H19F3N6O/c19-10-6-11-12(8-24-15(11)23-7-10)16-22-5-2-14(26-16)27-18(3-1-4-18)17(28)25-9-13(20)21/h2,5-7,12-13H,1,3-4,8-9H2,(H,23,24)(H,25,28)(H,22,26,27). The number of carbonyl (C=O) groups excluding carboxylic acids is 1. The molecule has 1 amide bonds. The van der Waals surface area contributed by atoms with Crippen molar-refractivity contribution < 1.29 is 18.0 Å². The van der Waals surface area contributed by atoms with Crippen LogP contribution >= 0.6 is 0 Å². The molecule has 1 fully saturated rings. The van der Waals surface area contributed by atoms with Crippen molar-refractivity contribution in [2.45, 2.75) is 37.1 Å². The molecule has 1 saturated carbocycles. The second-order valence-electron chi connectivity index (χ2n) is 6.99. The maximum absolute atomic E-state index is 13.6. The highest BCUT2D eigenvalue weighted by atomic mass is 19.3. The zero-order valence-electron chi connectivity index (χ0n) is 14.9. The van der Waals surface area contributed by atoms with Gasteiger partial charge in [0.2, 0.25) is 5.91 Å². The molecule has 0 spiro atoms. The van der Waals surface area contributed by atoms with Crippen molar-refractivity contribution in [3.8, 4) is 0 Å². The van der Waals surface area contributed by atoms with Crippen LogP contribution in [0.15, 0.2) is 24.5 Å². The van der Waals surface area contributed by atoms with E-state index in [2.05, 4.69) is 30.9 Å². The number of fused-ring (bicyclic) bond motifs is 1. The van der Waals surface area contributed by atoms with E-state index in [1.54, 1.807) is 12.3 Å². The number of anilines is 2. The third-order valence-corrected chi connectivity index (χ3v) is 5.14. The Hall–Kier alpha value is -2.91.